The predicted molar refractivity (Wildman–Crippen MR) is 68.0 cm³/mol. The first kappa shape index (κ1) is 12.3. The first-order valence-corrected chi connectivity index (χ1v) is 6.62. The smallest absolute Gasteiger partial charge is 0.131 e. The van der Waals surface area contributed by atoms with Crippen LogP contribution in [0, 0.1) is 0 Å². The SMILES string of the molecule is CC(C)NCc1nnc(CCc2ccco2)s1. The van der Waals surface area contributed by atoms with E-state index in [1.54, 1.807) is 17.6 Å². The average molecular weight is 251 g/mol. The molecule has 0 saturated heterocycles. The lowest BCUT2D eigenvalue weighted by molar-refractivity contribution is 0.508. The standard InChI is InChI=1S/C12H17N3OS/c1-9(2)13-8-12-15-14-11(17-12)6-5-10-4-3-7-16-10/h3-4,7,9,13H,5-6,8H2,1-2H3. The molecular weight excluding hydrogens is 234 g/mol. The summed E-state index contributed by atoms with van der Waals surface area (Å²) in [5.74, 6) is 1.00. The van der Waals surface area contributed by atoms with Gasteiger partial charge in [0.2, 0.25) is 0 Å². The van der Waals surface area contributed by atoms with E-state index in [0.717, 1.165) is 35.2 Å². The second-order valence-corrected chi connectivity index (χ2v) is 5.35. The van der Waals surface area contributed by atoms with E-state index >= 15 is 0 Å². The van der Waals surface area contributed by atoms with E-state index < -0.39 is 0 Å². The molecule has 0 aliphatic heterocycles. The third kappa shape index (κ3) is 3.94. The molecule has 0 aliphatic rings. The molecule has 0 spiro atoms. The lowest BCUT2D eigenvalue weighted by Crippen LogP contribution is -2.21. The Morgan fingerprint density at radius 3 is 2.82 bits per heavy atom. The molecular formula is C12H17N3OS. The van der Waals surface area contributed by atoms with Gasteiger partial charge in [-0.1, -0.05) is 13.8 Å². The first-order chi connectivity index (χ1) is 8.24. The molecule has 1 N–H and O–H groups in total. The summed E-state index contributed by atoms with van der Waals surface area (Å²) in [6.07, 6.45) is 3.49. The Morgan fingerprint density at radius 2 is 2.12 bits per heavy atom. The molecule has 0 unspecified atom stereocenters. The van der Waals surface area contributed by atoms with Crippen LogP contribution in [0.4, 0.5) is 0 Å². The molecule has 0 amide bonds. The monoisotopic (exact) mass is 251 g/mol. The lowest BCUT2D eigenvalue weighted by Gasteiger charge is -2.03. The molecule has 17 heavy (non-hydrogen) atoms. The molecule has 92 valence electrons. The molecule has 0 aromatic carbocycles. The van der Waals surface area contributed by atoms with Crippen molar-refractivity contribution >= 4 is 11.3 Å². The van der Waals surface area contributed by atoms with Gasteiger partial charge in [-0.15, -0.1) is 21.5 Å². The van der Waals surface area contributed by atoms with E-state index in [-0.39, 0.29) is 0 Å². The summed E-state index contributed by atoms with van der Waals surface area (Å²) in [7, 11) is 0. The summed E-state index contributed by atoms with van der Waals surface area (Å²) >= 11 is 1.67. The van der Waals surface area contributed by atoms with Gasteiger partial charge in [0, 0.05) is 25.4 Å². The number of nitrogens with zero attached hydrogens (tertiary/aromatic N) is 2. The van der Waals surface area contributed by atoms with E-state index in [1.807, 2.05) is 12.1 Å². The molecule has 0 fully saturated rings. The van der Waals surface area contributed by atoms with Crippen molar-refractivity contribution in [3.05, 3.63) is 34.2 Å². The number of hydrogen-bond acceptors (Lipinski definition) is 5. The van der Waals surface area contributed by atoms with Gasteiger partial charge in [0.25, 0.3) is 0 Å². The maximum atomic E-state index is 5.29. The number of nitrogens with one attached hydrogen (secondary N) is 1. The molecule has 0 atom stereocenters. The predicted octanol–water partition coefficient (Wildman–Crippen LogP) is 2.41. The largest absolute Gasteiger partial charge is 0.469 e. The fraction of sp³-hybridized carbons (Fsp3) is 0.500. The third-order valence-electron chi connectivity index (χ3n) is 2.34. The van der Waals surface area contributed by atoms with Crippen LogP contribution in [0.1, 0.15) is 29.6 Å². The van der Waals surface area contributed by atoms with E-state index in [2.05, 4.69) is 29.4 Å². The number of furan rings is 1. The average Bonchev–Trinajstić information content (AvgIpc) is 2.95. The van der Waals surface area contributed by atoms with Crippen molar-refractivity contribution in [1.29, 1.82) is 0 Å². The minimum atomic E-state index is 0.477. The van der Waals surface area contributed by atoms with Crippen molar-refractivity contribution in [1.82, 2.24) is 15.5 Å². The number of rotatable bonds is 6. The van der Waals surface area contributed by atoms with Gasteiger partial charge in [0.05, 0.1) is 6.26 Å². The third-order valence-corrected chi connectivity index (χ3v) is 3.32. The van der Waals surface area contributed by atoms with E-state index in [1.165, 1.54) is 0 Å². The maximum absolute atomic E-state index is 5.29. The molecule has 2 aromatic rings. The van der Waals surface area contributed by atoms with Crippen LogP contribution in [-0.2, 0) is 19.4 Å². The highest BCUT2D eigenvalue weighted by Crippen LogP contribution is 2.13. The maximum Gasteiger partial charge on any atom is 0.131 e. The van der Waals surface area contributed by atoms with Crippen molar-refractivity contribution in [2.45, 2.75) is 39.3 Å². The van der Waals surface area contributed by atoms with Crippen LogP contribution in [-0.4, -0.2) is 16.2 Å². The molecule has 0 saturated carbocycles. The Balaban J connectivity index is 1.81. The van der Waals surface area contributed by atoms with Gasteiger partial charge in [-0.2, -0.15) is 0 Å². The number of hydrogen-bond donors (Lipinski definition) is 1. The Morgan fingerprint density at radius 1 is 1.29 bits per heavy atom. The molecule has 2 aromatic heterocycles. The van der Waals surface area contributed by atoms with Crippen molar-refractivity contribution in [2.24, 2.45) is 0 Å². The van der Waals surface area contributed by atoms with Crippen molar-refractivity contribution < 1.29 is 4.42 Å². The van der Waals surface area contributed by atoms with Gasteiger partial charge in [0.1, 0.15) is 15.8 Å². The molecule has 2 rings (SSSR count). The Kier molecular flexibility index (Phi) is 4.28. The molecule has 0 aliphatic carbocycles. The van der Waals surface area contributed by atoms with Crippen molar-refractivity contribution in [2.75, 3.05) is 0 Å². The van der Waals surface area contributed by atoms with E-state index in [4.69, 9.17) is 4.42 Å². The van der Waals surface area contributed by atoms with Gasteiger partial charge in [-0.25, -0.2) is 0 Å². The number of aromatic nitrogens is 2. The lowest BCUT2D eigenvalue weighted by atomic mass is 10.2. The van der Waals surface area contributed by atoms with Gasteiger partial charge < -0.3 is 9.73 Å². The van der Waals surface area contributed by atoms with Crippen LogP contribution in [0.15, 0.2) is 22.8 Å². The Hall–Kier alpha value is -1.20. The van der Waals surface area contributed by atoms with Gasteiger partial charge >= 0.3 is 0 Å². The zero-order valence-electron chi connectivity index (χ0n) is 10.1. The fourth-order valence-corrected chi connectivity index (χ4v) is 2.23. The second-order valence-electron chi connectivity index (χ2n) is 4.20. The summed E-state index contributed by atoms with van der Waals surface area (Å²) < 4.78 is 5.29. The van der Waals surface area contributed by atoms with Crippen LogP contribution >= 0.6 is 11.3 Å². The Labute approximate surface area is 105 Å². The van der Waals surface area contributed by atoms with Crippen LogP contribution < -0.4 is 5.32 Å². The van der Waals surface area contributed by atoms with Crippen molar-refractivity contribution in [3.63, 3.8) is 0 Å². The summed E-state index contributed by atoms with van der Waals surface area (Å²) in [6, 6.07) is 4.38. The summed E-state index contributed by atoms with van der Waals surface area (Å²) in [5.41, 5.74) is 0. The van der Waals surface area contributed by atoms with Crippen LogP contribution in [0.5, 0.6) is 0 Å². The summed E-state index contributed by atoms with van der Waals surface area (Å²) in [4.78, 5) is 0. The van der Waals surface area contributed by atoms with Gasteiger partial charge in [-0.3, -0.25) is 0 Å². The fourth-order valence-electron chi connectivity index (χ4n) is 1.44. The number of aryl methyl sites for hydroxylation is 2. The van der Waals surface area contributed by atoms with E-state index in [0.29, 0.717) is 6.04 Å². The zero-order chi connectivity index (χ0) is 12.1. The highest BCUT2D eigenvalue weighted by Gasteiger charge is 2.05. The van der Waals surface area contributed by atoms with E-state index in [9.17, 15) is 0 Å². The second kappa shape index (κ2) is 5.93. The molecule has 4 nitrogen and oxygen atoms in total. The van der Waals surface area contributed by atoms with Gasteiger partial charge in [-0.05, 0) is 12.1 Å². The normalized spacial score (nSPS) is 11.2. The van der Waals surface area contributed by atoms with Gasteiger partial charge in [0.15, 0.2) is 0 Å². The molecule has 0 bridgehead atoms. The minimum absolute atomic E-state index is 0.477. The zero-order valence-corrected chi connectivity index (χ0v) is 11.0. The van der Waals surface area contributed by atoms with Crippen LogP contribution in [0.25, 0.3) is 0 Å². The molecule has 5 heteroatoms. The van der Waals surface area contributed by atoms with Crippen molar-refractivity contribution in [3.8, 4) is 0 Å². The topological polar surface area (TPSA) is 51.0 Å². The summed E-state index contributed by atoms with van der Waals surface area (Å²) in [5, 5.41) is 13.8. The van der Waals surface area contributed by atoms with Crippen LogP contribution in [0.2, 0.25) is 0 Å². The minimum Gasteiger partial charge on any atom is -0.469 e. The highest BCUT2D eigenvalue weighted by atomic mass is 32.1. The van der Waals surface area contributed by atoms with Crippen LogP contribution in [0.3, 0.4) is 0 Å². The quantitative estimate of drug-likeness (QED) is 0.856. The Bertz CT molecular complexity index is 436. The highest BCUT2D eigenvalue weighted by molar-refractivity contribution is 7.11. The first-order valence-electron chi connectivity index (χ1n) is 5.81. The molecule has 2 heterocycles. The summed E-state index contributed by atoms with van der Waals surface area (Å²) in [6.45, 7) is 5.05. The molecule has 0 radical (unpaired) electrons.